The summed E-state index contributed by atoms with van der Waals surface area (Å²) < 4.78 is 35.8. The third kappa shape index (κ3) is 6.44. The van der Waals surface area contributed by atoms with E-state index < -0.39 is 12.1 Å². The molecule has 0 radical (unpaired) electrons. The van der Waals surface area contributed by atoms with Gasteiger partial charge in [0.15, 0.2) is 5.69 Å². The lowest BCUT2D eigenvalue weighted by molar-refractivity contribution is -0.192. The first-order valence-corrected chi connectivity index (χ1v) is 11.4. The van der Waals surface area contributed by atoms with Crippen molar-refractivity contribution in [1.82, 2.24) is 24.3 Å². The molecule has 8 nitrogen and oxygen atoms in total. The highest BCUT2D eigenvalue weighted by atomic mass is 19.4. The van der Waals surface area contributed by atoms with Gasteiger partial charge in [-0.15, -0.1) is 0 Å². The highest BCUT2D eigenvalue weighted by Gasteiger charge is 2.38. The van der Waals surface area contributed by atoms with Gasteiger partial charge in [0.2, 0.25) is 0 Å². The number of carboxylic acid groups (broad SMARTS) is 1. The Hall–Kier alpha value is -4.93. The van der Waals surface area contributed by atoms with E-state index in [0.29, 0.717) is 12.2 Å². The summed E-state index contributed by atoms with van der Waals surface area (Å²) in [7, 11) is 0. The number of nitrogens with one attached hydrogen (secondary N) is 1. The van der Waals surface area contributed by atoms with Crippen LogP contribution >= 0.6 is 0 Å². The van der Waals surface area contributed by atoms with E-state index >= 15 is 0 Å². The molecule has 1 amide bonds. The summed E-state index contributed by atoms with van der Waals surface area (Å²) in [5, 5.41) is 10.1. The number of pyridine rings is 2. The van der Waals surface area contributed by atoms with Crippen LogP contribution in [0.5, 0.6) is 0 Å². The van der Waals surface area contributed by atoms with Crippen molar-refractivity contribution in [3.05, 3.63) is 115 Å². The molecule has 0 aliphatic heterocycles. The first-order chi connectivity index (χ1) is 18.2. The summed E-state index contributed by atoms with van der Waals surface area (Å²) >= 11 is 0. The van der Waals surface area contributed by atoms with E-state index in [9.17, 15) is 18.0 Å². The molecule has 0 spiro atoms. The van der Waals surface area contributed by atoms with Crippen molar-refractivity contribution in [3.63, 3.8) is 0 Å². The molecular formula is C27H22F3N5O3. The number of fused-ring (bicyclic) bond motifs is 1. The molecule has 0 saturated heterocycles. The number of rotatable bonds is 6. The number of benzene rings is 1. The van der Waals surface area contributed by atoms with Crippen LogP contribution in [-0.2, 0) is 17.9 Å². The van der Waals surface area contributed by atoms with Gasteiger partial charge >= 0.3 is 12.1 Å². The van der Waals surface area contributed by atoms with Crippen LogP contribution in [-0.4, -0.2) is 42.1 Å². The van der Waals surface area contributed by atoms with E-state index in [2.05, 4.69) is 14.9 Å². The minimum Gasteiger partial charge on any atom is -0.475 e. The van der Waals surface area contributed by atoms with Crippen molar-refractivity contribution in [3.8, 4) is 11.4 Å². The second kappa shape index (κ2) is 11.4. The molecular weight excluding hydrogens is 499 g/mol. The number of carbonyl (C=O) groups excluding carboxylic acids is 1. The molecule has 0 aliphatic rings. The Kier molecular flexibility index (Phi) is 7.86. The van der Waals surface area contributed by atoms with Gasteiger partial charge in [-0.2, -0.15) is 13.2 Å². The minimum atomic E-state index is -5.08. The molecule has 194 valence electrons. The van der Waals surface area contributed by atoms with E-state index in [-0.39, 0.29) is 5.91 Å². The number of nitrogens with zero attached hydrogens (tertiary/aromatic N) is 4. The Morgan fingerprint density at radius 1 is 0.921 bits per heavy atom. The number of aromatic nitrogens is 4. The number of halogens is 3. The third-order valence-corrected chi connectivity index (χ3v) is 5.40. The Bertz CT molecular complexity index is 1530. The summed E-state index contributed by atoms with van der Waals surface area (Å²) in [4.78, 5) is 30.7. The van der Waals surface area contributed by atoms with Gasteiger partial charge in [0.25, 0.3) is 5.91 Å². The summed E-state index contributed by atoms with van der Waals surface area (Å²) in [6, 6.07) is 21.6. The molecule has 38 heavy (non-hydrogen) atoms. The summed E-state index contributed by atoms with van der Waals surface area (Å²) in [6.07, 6.45) is 4.54. The Balaban J connectivity index is 0.000000426. The monoisotopic (exact) mass is 521 g/mol. The quantitative estimate of drug-likeness (QED) is 0.334. The number of alkyl halides is 3. The number of carbonyl (C=O) groups is 2. The van der Waals surface area contributed by atoms with Gasteiger partial charge in [0, 0.05) is 49.6 Å². The average molecular weight is 521 g/mol. The van der Waals surface area contributed by atoms with Gasteiger partial charge < -0.3 is 15.0 Å². The van der Waals surface area contributed by atoms with Gasteiger partial charge in [-0.3, -0.25) is 14.2 Å². The lowest BCUT2D eigenvalue weighted by Crippen LogP contribution is -2.23. The average Bonchev–Trinajstić information content (AvgIpc) is 3.53. The number of imidazole rings is 1. The fraction of sp³-hybridized carbons (Fsp3) is 0.111. The smallest absolute Gasteiger partial charge is 0.475 e. The number of aliphatic carboxylic acids is 1. The summed E-state index contributed by atoms with van der Waals surface area (Å²) in [5.41, 5.74) is 4.33. The van der Waals surface area contributed by atoms with Crippen LogP contribution in [0.3, 0.4) is 0 Å². The van der Waals surface area contributed by atoms with Crippen LogP contribution in [0.4, 0.5) is 13.2 Å². The zero-order valence-electron chi connectivity index (χ0n) is 19.8. The first-order valence-electron chi connectivity index (χ1n) is 11.4. The Morgan fingerprint density at radius 2 is 1.63 bits per heavy atom. The molecule has 0 unspecified atom stereocenters. The molecule has 0 atom stereocenters. The van der Waals surface area contributed by atoms with Crippen LogP contribution in [0.25, 0.3) is 16.9 Å². The second-order valence-corrected chi connectivity index (χ2v) is 8.14. The van der Waals surface area contributed by atoms with Gasteiger partial charge in [0.1, 0.15) is 5.82 Å². The molecule has 4 heterocycles. The summed E-state index contributed by atoms with van der Waals surface area (Å²) in [5.74, 6) is -2.20. The lowest BCUT2D eigenvalue weighted by atomic mass is 10.2. The van der Waals surface area contributed by atoms with Crippen LogP contribution in [0.1, 0.15) is 21.6 Å². The van der Waals surface area contributed by atoms with Crippen molar-refractivity contribution >= 4 is 17.4 Å². The molecule has 11 heteroatoms. The molecule has 2 N–H and O–H groups in total. The van der Waals surface area contributed by atoms with Gasteiger partial charge in [-0.25, -0.2) is 9.78 Å². The van der Waals surface area contributed by atoms with Crippen LogP contribution in [0, 0.1) is 0 Å². The second-order valence-electron chi connectivity index (χ2n) is 8.14. The maximum atomic E-state index is 12.9. The van der Waals surface area contributed by atoms with Crippen molar-refractivity contribution < 1.29 is 27.9 Å². The Labute approximate surface area is 215 Å². The zero-order valence-corrected chi connectivity index (χ0v) is 19.8. The standard InChI is InChI=1S/C25H21N5O.C2HF3O2/c31-25(27-16-19-7-2-1-3-8-19)23-22-10-4-5-13-30(22)24(28-23)21-11-14-29(18-21)17-20-9-6-12-26-15-20;3-2(4,5)1(6)7/h1-15,18H,16-17H2,(H,27,31);(H,6,7). The van der Waals surface area contributed by atoms with Crippen LogP contribution < -0.4 is 5.32 Å². The largest absolute Gasteiger partial charge is 0.490 e. The maximum Gasteiger partial charge on any atom is 0.490 e. The topological polar surface area (TPSA) is 102 Å². The van der Waals surface area contributed by atoms with E-state index in [4.69, 9.17) is 14.9 Å². The van der Waals surface area contributed by atoms with Gasteiger partial charge in [-0.05, 0) is 35.4 Å². The van der Waals surface area contributed by atoms with Gasteiger partial charge in [-0.1, -0.05) is 42.5 Å². The van der Waals surface area contributed by atoms with E-state index in [1.54, 1.807) is 6.20 Å². The molecule has 0 aliphatic carbocycles. The molecule has 0 fully saturated rings. The van der Waals surface area contributed by atoms with Gasteiger partial charge in [0.05, 0.1) is 5.52 Å². The number of hydrogen-bond donors (Lipinski definition) is 2. The van der Waals surface area contributed by atoms with Crippen molar-refractivity contribution in [1.29, 1.82) is 0 Å². The van der Waals surface area contributed by atoms with E-state index in [0.717, 1.165) is 34.6 Å². The lowest BCUT2D eigenvalue weighted by Gasteiger charge is -2.03. The third-order valence-electron chi connectivity index (χ3n) is 5.40. The van der Waals surface area contributed by atoms with Crippen molar-refractivity contribution in [2.75, 3.05) is 0 Å². The molecule has 0 saturated carbocycles. The van der Waals surface area contributed by atoms with E-state index in [1.807, 2.05) is 95.9 Å². The van der Waals surface area contributed by atoms with Crippen molar-refractivity contribution in [2.24, 2.45) is 0 Å². The predicted octanol–water partition coefficient (Wildman–Crippen LogP) is 4.81. The number of hydrogen-bond acceptors (Lipinski definition) is 4. The Morgan fingerprint density at radius 3 is 2.32 bits per heavy atom. The highest BCUT2D eigenvalue weighted by Crippen LogP contribution is 2.24. The molecule has 1 aromatic carbocycles. The molecule has 5 aromatic rings. The predicted molar refractivity (Wildman–Crippen MR) is 133 cm³/mol. The van der Waals surface area contributed by atoms with E-state index in [1.165, 1.54) is 0 Å². The SMILES string of the molecule is O=C(NCc1ccccc1)c1nc(-c2ccn(Cc3cccnc3)c2)n2ccccc12.O=C(O)C(F)(F)F. The maximum absolute atomic E-state index is 12.9. The summed E-state index contributed by atoms with van der Waals surface area (Å²) in [6.45, 7) is 1.18. The first kappa shape index (κ1) is 26.1. The molecule has 0 bridgehead atoms. The normalized spacial score (nSPS) is 11.0. The molecule has 4 aromatic heterocycles. The highest BCUT2D eigenvalue weighted by molar-refractivity contribution is 6.00. The fourth-order valence-corrected chi connectivity index (χ4v) is 3.64. The fourth-order valence-electron chi connectivity index (χ4n) is 3.64. The van der Waals surface area contributed by atoms with Crippen LogP contribution in [0.15, 0.2) is 97.7 Å². The van der Waals surface area contributed by atoms with Crippen LogP contribution in [0.2, 0.25) is 0 Å². The minimum absolute atomic E-state index is 0.186. The number of carboxylic acids is 1. The van der Waals surface area contributed by atoms with Crippen molar-refractivity contribution in [2.45, 2.75) is 19.3 Å². The zero-order chi connectivity index (χ0) is 27.1. The molecule has 5 rings (SSSR count). The number of amides is 1.